The quantitative estimate of drug-likeness (QED) is 0.683. The summed E-state index contributed by atoms with van der Waals surface area (Å²) in [6.07, 6.45) is 0.803. The van der Waals surface area contributed by atoms with E-state index in [9.17, 15) is 19.7 Å². The van der Waals surface area contributed by atoms with Gasteiger partial charge in [0.05, 0.1) is 11.5 Å². The highest BCUT2D eigenvalue weighted by Gasteiger charge is 2.24. The number of aryl methyl sites for hydroxylation is 1. The molecule has 0 aliphatic carbocycles. The summed E-state index contributed by atoms with van der Waals surface area (Å²) in [5.41, 5.74) is 2.65. The Morgan fingerprint density at radius 3 is 2.72 bits per heavy atom. The lowest BCUT2D eigenvalue weighted by Gasteiger charge is -2.17. The van der Waals surface area contributed by atoms with Crippen LogP contribution in [-0.4, -0.2) is 29.8 Å². The second-order valence-corrected chi connectivity index (χ2v) is 5.87. The van der Waals surface area contributed by atoms with Crippen molar-refractivity contribution in [2.75, 3.05) is 18.0 Å². The molecular formula is C18H17N3O4. The van der Waals surface area contributed by atoms with Crippen molar-refractivity contribution in [1.82, 2.24) is 5.32 Å². The Morgan fingerprint density at radius 2 is 2.00 bits per heavy atom. The summed E-state index contributed by atoms with van der Waals surface area (Å²) in [7, 11) is 0. The number of para-hydroxylation sites is 1. The molecule has 0 saturated carbocycles. The maximum Gasteiger partial charge on any atom is 0.272 e. The first kappa shape index (κ1) is 16.6. The maximum atomic E-state index is 12.4. The van der Waals surface area contributed by atoms with Gasteiger partial charge in [-0.15, -0.1) is 0 Å². The molecule has 1 heterocycles. The normalized spacial score (nSPS) is 12.6. The number of rotatable bonds is 4. The first-order valence-corrected chi connectivity index (χ1v) is 7.89. The summed E-state index contributed by atoms with van der Waals surface area (Å²) in [6, 6.07) is 11.8. The zero-order chi connectivity index (χ0) is 18.0. The number of nitro benzene ring substituents is 1. The fourth-order valence-electron chi connectivity index (χ4n) is 2.95. The summed E-state index contributed by atoms with van der Waals surface area (Å²) in [4.78, 5) is 36.6. The number of anilines is 1. The first-order valence-electron chi connectivity index (χ1n) is 7.89. The molecule has 3 rings (SSSR count). The molecule has 1 N–H and O–H groups in total. The minimum Gasteiger partial charge on any atom is -0.343 e. The Balaban J connectivity index is 1.64. The Labute approximate surface area is 144 Å². The lowest BCUT2D eigenvalue weighted by molar-refractivity contribution is -0.385. The topological polar surface area (TPSA) is 92.6 Å². The van der Waals surface area contributed by atoms with Crippen LogP contribution >= 0.6 is 0 Å². The van der Waals surface area contributed by atoms with Crippen molar-refractivity contribution in [2.24, 2.45) is 0 Å². The fourth-order valence-corrected chi connectivity index (χ4v) is 2.95. The number of benzene rings is 2. The number of nitrogens with zero attached hydrogens (tertiary/aromatic N) is 2. The smallest absolute Gasteiger partial charge is 0.272 e. The summed E-state index contributed by atoms with van der Waals surface area (Å²) in [5.74, 6) is -0.615. The fraction of sp³-hybridized carbons (Fsp3) is 0.222. The van der Waals surface area contributed by atoms with E-state index < -0.39 is 10.8 Å². The molecule has 0 saturated heterocycles. The van der Waals surface area contributed by atoms with Crippen molar-refractivity contribution < 1.29 is 14.5 Å². The predicted molar refractivity (Wildman–Crippen MR) is 92.7 cm³/mol. The molecule has 2 amide bonds. The van der Waals surface area contributed by atoms with Crippen LogP contribution in [-0.2, 0) is 11.2 Å². The Bertz CT molecular complexity index is 863. The van der Waals surface area contributed by atoms with Gasteiger partial charge in [-0.3, -0.25) is 19.7 Å². The predicted octanol–water partition coefficient (Wildman–Crippen LogP) is 2.22. The number of hydrogen-bond donors (Lipinski definition) is 1. The van der Waals surface area contributed by atoms with Gasteiger partial charge >= 0.3 is 0 Å². The third-order valence-corrected chi connectivity index (χ3v) is 4.24. The number of nitrogens with one attached hydrogen (secondary N) is 1. The molecule has 0 radical (unpaired) electrons. The molecule has 25 heavy (non-hydrogen) atoms. The second-order valence-electron chi connectivity index (χ2n) is 5.87. The van der Waals surface area contributed by atoms with E-state index in [2.05, 4.69) is 5.32 Å². The molecular weight excluding hydrogens is 322 g/mol. The van der Waals surface area contributed by atoms with Crippen molar-refractivity contribution in [3.05, 3.63) is 69.3 Å². The lowest BCUT2D eigenvalue weighted by atomic mass is 10.1. The Kier molecular flexibility index (Phi) is 4.47. The van der Waals surface area contributed by atoms with E-state index in [4.69, 9.17) is 0 Å². The molecule has 7 heteroatoms. The highest BCUT2D eigenvalue weighted by molar-refractivity contribution is 6.01. The SMILES string of the molecule is Cc1cc(C(=O)NCC(=O)N2CCc3ccccc32)ccc1[N+](=O)[O-]. The van der Waals surface area contributed by atoms with E-state index in [1.807, 2.05) is 24.3 Å². The van der Waals surface area contributed by atoms with Gasteiger partial charge in [0.2, 0.25) is 5.91 Å². The van der Waals surface area contributed by atoms with Crippen LogP contribution < -0.4 is 10.2 Å². The van der Waals surface area contributed by atoms with Crippen molar-refractivity contribution in [3.8, 4) is 0 Å². The van der Waals surface area contributed by atoms with Crippen LogP contribution in [0, 0.1) is 17.0 Å². The molecule has 128 valence electrons. The highest BCUT2D eigenvalue weighted by Crippen LogP contribution is 2.27. The summed E-state index contributed by atoms with van der Waals surface area (Å²) in [6.45, 7) is 2.05. The minimum atomic E-state index is -0.495. The lowest BCUT2D eigenvalue weighted by Crippen LogP contribution is -2.39. The van der Waals surface area contributed by atoms with Gasteiger partial charge in [-0.25, -0.2) is 0 Å². The number of hydrogen-bond acceptors (Lipinski definition) is 4. The van der Waals surface area contributed by atoms with Gasteiger partial charge in [0, 0.05) is 29.4 Å². The third-order valence-electron chi connectivity index (χ3n) is 4.24. The molecule has 2 aromatic carbocycles. The van der Waals surface area contributed by atoms with E-state index in [0.717, 1.165) is 17.7 Å². The minimum absolute atomic E-state index is 0.0405. The Hall–Kier alpha value is -3.22. The number of amides is 2. The van der Waals surface area contributed by atoms with Crippen molar-refractivity contribution in [1.29, 1.82) is 0 Å². The van der Waals surface area contributed by atoms with Gasteiger partial charge in [0.1, 0.15) is 0 Å². The summed E-state index contributed by atoms with van der Waals surface area (Å²) >= 11 is 0. The molecule has 7 nitrogen and oxygen atoms in total. The van der Waals surface area contributed by atoms with Crippen LogP contribution in [0.5, 0.6) is 0 Å². The van der Waals surface area contributed by atoms with Crippen molar-refractivity contribution in [3.63, 3.8) is 0 Å². The average molecular weight is 339 g/mol. The van der Waals surface area contributed by atoms with E-state index in [-0.39, 0.29) is 23.7 Å². The molecule has 0 bridgehead atoms. The van der Waals surface area contributed by atoms with Gasteiger partial charge in [-0.1, -0.05) is 18.2 Å². The largest absolute Gasteiger partial charge is 0.343 e. The maximum absolute atomic E-state index is 12.4. The van der Waals surface area contributed by atoms with Gasteiger partial charge in [0.25, 0.3) is 11.6 Å². The number of fused-ring (bicyclic) bond motifs is 1. The number of carbonyl (C=O) groups excluding carboxylic acids is 2. The van der Waals surface area contributed by atoms with E-state index in [0.29, 0.717) is 12.1 Å². The third kappa shape index (κ3) is 3.35. The Morgan fingerprint density at radius 1 is 1.24 bits per heavy atom. The van der Waals surface area contributed by atoms with Crippen LogP contribution in [0.15, 0.2) is 42.5 Å². The zero-order valence-electron chi connectivity index (χ0n) is 13.7. The van der Waals surface area contributed by atoms with Gasteiger partial charge in [-0.2, -0.15) is 0 Å². The summed E-state index contributed by atoms with van der Waals surface area (Å²) < 4.78 is 0. The molecule has 0 spiro atoms. The van der Waals surface area contributed by atoms with Gasteiger partial charge < -0.3 is 10.2 Å². The standard InChI is InChI=1S/C18H17N3O4/c1-12-10-14(6-7-15(12)21(24)25)18(23)19-11-17(22)20-9-8-13-4-2-3-5-16(13)20/h2-7,10H,8-9,11H2,1H3,(H,19,23). The van der Waals surface area contributed by atoms with Crippen LogP contribution in [0.25, 0.3) is 0 Å². The van der Waals surface area contributed by atoms with E-state index in [1.165, 1.54) is 18.2 Å². The molecule has 1 aliphatic heterocycles. The van der Waals surface area contributed by atoms with Crippen molar-refractivity contribution >= 4 is 23.2 Å². The van der Waals surface area contributed by atoms with Gasteiger partial charge in [0.15, 0.2) is 0 Å². The average Bonchev–Trinajstić information content (AvgIpc) is 3.03. The second kappa shape index (κ2) is 6.72. The molecule has 0 atom stereocenters. The van der Waals surface area contributed by atoms with Crippen LogP contribution in [0.2, 0.25) is 0 Å². The van der Waals surface area contributed by atoms with Gasteiger partial charge in [-0.05, 0) is 37.1 Å². The monoisotopic (exact) mass is 339 g/mol. The van der Waals surface area contributed by atoms with Crippen LogP contribution in [0.4, 0.5) is 11.4 Å². The zero-order valence-corrected chi connectivity index (χ0v) is 13.7. The highest BCUT2D eigenvalue weighted by atomic mass is 16.6. The molecule has 0 unspecified atom stereocenters. The molecule has 0 fully saturated rings. The molecule has 1 aliphatic rings. The summed E-state index contributed by atoms with van der Waals surface area (Å²) in [5, 5.41) is 13.4. The molecule has 2 aromatic rings. The van der Waals surface area contributed by atoms with E-state index in [1.54, 1.807) is 11.8 Å². The van der Waals surface area contributed by atoms with E-state index >= 15 is 0 Å². The van der Waals surface area contributed by atoms with Crippen LogP contribution in [0.1, 0.15) is 21.5 Å². The van der Waals surface area contributed by atoms with Crippen molar-refractivity contribution in [2.45, 2.75) is 13.3 Å². The first-order chi connectivity index (χ1) is 12.0. The van der Waals surface area contributed by atoms with Crippen LogP contribution in [0.3, 0.4) is 0 Å². The number of nitro groups is 1. The number of carbonyl (C=O) groups is 2. The molecule has 0 aromatic heterocycles.